The van der Waals surface area contributed by atoms with Crippen LogP contribution in [-0.4, -0.2) is 20.9 Å². The van der Waals surface area contributed by atoms with Crippen LogP contribution in [0.5, 0.6) is 0 Å². The molecule has 0 spiro atoms. The summed E-state index contributed by atoms with van der Waals surface area (Å²) in [6, 6.07) is 14.1. The number of urea groups is 1. The number of halogens is 2. The topological polar surface area (TPSA) is 78.1 Å². The van der Waals surface area contributed by atoms with Crippen LogP contribution >= 0.6 is 11.6 Å². The molecule has 2 aromatic heterocycles. The fraction of sp³-hybridized carbons (Fsp3) is 0.125. The van der Waals surface area contributed by atoms with E-state index in [0.717, 1.165) is 16.5 Å². The van der Waals surface area contributed by atoms with Gasteiger partial charge in [0, 0.05) is 36.2 Å². The molecule has 2 aromatic carbocycles. The molecule has 0 saturated heterocycles. The molecule has 4 aromatic rings. The van der Waals surface area contributed by atoms with Crippen molar-refractivity contribution >= 4 is 34.1 Å². The molecule has 0 saturated carbocycles. The summed E-state index contributed by atoms with van der Waals surface area (Å²) in [6.45, 7) is 2.15. The molecular weight excluding hydrogens is 431 g/mol. The van der Waals surface area contributed by atoms with E-state index in [9.17, 15) is 14.0 Å². The lowest BCUT2D eigenvalue weighted by molar-refractivity contribution is 0.189. The van der Waals surface area contributed by atoms with Gasteiger partial charge in [0.2, 0.25) is 0 Å². The molecular formula is C24H20ClFN4O2. The Labute approximate surface area is 188 Å². The first-order valence-corrected chi connectivity index (χ1v) is 10.3. The van der Waals surface area contributed by atoms with E-state index in [1.165, 1.54) is 18.2 Å². The minimum Gasteiger partial charge on any atom is -0.328 e. The Morgan fingerprint density at radius 3 is 2.69 bits per heavy atom. The van der Waals surface area contributed by atoms with E-state index in [0.29, 0.717) is 11.1 Å². The molecule has 0 aliphatic rings. The number of hydrogen-bond donors (Lipinski definition) is 2. The number of carbonyl (C=O) groups is 1. The van der Waals surface area contributed by atoms with Gasteiger partial charge in [-0.3, -0.25) is 9.78 Å². The standard InChI is InChI=1S/C24H20ClFN4O2/c1-15(20-13-28-23(31)19-7-3-2-6-18(19)20)30(14-16-5-4-10-27-12-16)24(32)29-17-8-9-22(26)21(25)11-17/h2-13,15H,14H2,1H3,(H,28,31)(H,29,32). The summed E-state index contributed by atoms with van der Waals surface area (Å²) in [4.78, 5) is 34.1. The summed E-state index contributed by atoms with van der Waals surface area (Å²) in [7, 11) is 0. The van der Waals surface area contributed by atoms with Crippen LogP contribution in [0.1, 0.15) is 24.1 Å². The van der Waals surface area contributed by atoms with Crippen LogP contribution < -0.4 is 10.9 Å². The van der Waals surface area contributed by atoms with Gasteiger partial charge in [-0.1, -0.05) is 35.9 Å². The number of carbonyl (C=O) groups excluding carboxylic acids is 1. The number of rotatable bonds is 5. The van der Waals surface area contributed by atoms with Crippen LogP contribution in [0.2, 0.25) is 5.02 Å². The molecule has 162 valence electrons. The van der Waals surface area contributed by atoms with Gasteiger partial charge < -0.3 is 15.2 Å². The summed E-state index contributed by atoms with van der Waals surface area (Å²) < 4.78 is 13.5. The van der Waals surface area contributed by atoms with E-state index in [1.54, 1.807) is 41.7 Å². The van der Waals surface area contributed by atoms with E-state index in [1.807, 2.05) is 25.1 Å². The summed E-state index contributed by atoms with van der Waals surface area (Å²) in [6.07, 6.45) is 4.98. The number of benzene rings is 2. The van der Waals surface area contributed by atoms with Crippen molar-refractivity contribution in [3.8, 4) is 0 Å². The van der Waals surface area contributed by atoms with Crippen LogP contribution in [0.25, 0.3) is 10.8 Å². The lowest BCUT2D eigenvalue weighted by Gasteiger charge is -2.30. The number of aromatic amines is 1. The molecule has 32 heavy (non-hydrogen) atoms. The monoisotopic (exact) mass is 450 g/mol. The maximum atomic E-state index is 13.5. The first-order chi connectivity index (χ1) is 15.4. The molecule has 2 amide bonds. The third kappa shape index (κ3) is 4.48. The molecule has 4 rings (SSSR count). The minimum atomic E-state index is -0.565. The molecule has 6 nitrogen and oxygen atoms in total. The number of amides is 2. The number of nitrogens with zero attached hydrogens (tertiary/aromatic N) is 2. The highest BCUT2D eigenvalue weighted by molar-refractivity contribution is 6.31. The molecule has 2 N–H and O–H groups in total. The molecule has 1 atom stereocenters. The quantitative estimate of drug-likeness (QED) is 0.420. The average Bonchev–Trinajstić information content (AvgIpc) is 2.80. The predicted octanol–water partition coefficient (Wildman–Crippen LogP) is 5.51. The zero-order chi connectivity index (χ0) is 22.7. The summed E-state index contributed by atoms with van der Waals surface area (Å²) in [5, 5.41) is 4.01. The van der Waals surface area contributed by atoms with Gasteiger partial charge in [-0.05, 0) is 53.8 Å². The van der Waals surface area contributed by atoms with Gasteiger partial charge in [0.25, 0.3) is 5.56 Å². The lowest BCUT2D eigenvalue weighted by Crippen LogP contribution is -2.37. The van der Waals surface area contributed by atoms with Gasteiger partial charge in [-0.15, -0.1) is 0 Å². The normalized spacial score (nSPS) is 11.8. The van der Waals surface area contributed by atoms with Crippen molar-refractivity contribution in [2.75, 3.05) is 5.32 Å². The Balaban J connectivity index is 1.72. The molecule has 2 heterocycles. The van der Waals surface area contributed by atoms with Gasteiger partial charge in [0.05, 0.1) is 11.1 Å². The van der Waals surface area contributed by atoms with Crippen molar-refractivity contribution in [1.29, 1.82) is 0 Å². The van der Waals surface area contributed by atoms with Crippen LogP contribution in [0, 0.1) is 5.82 Å². The highest BCUT2D eigenvalue weighted by atomic mass is 35.5. The van der Waals surface area contributed by atoms with E-state index < -0.39 is 17.9 Å². The summed E-state index contributed by atoms with van der Waals surface area (Å²) in [5.41, 5.74) is 1.80. The Morgan fingerprint density at radius 2 is 1.97 bits per heavy atom. The maximum absolute atomic E-state index is 13.5. The Kier molecular flexibility index (Phi) is 6.18. The molecule has 0 aliphatic heterocycles. The highest BCUT2D eigenvalue weighted by Gasteiger charge is 2.24. The fourth-order valence-electron chi connectivity index (χ4n) is 3.59. The maximum Gasteiger partial charge on any atom is 0.322 e. The van der Waals surface area contributed by atoms with Gasteiger partial charge in [-0.2, -0.15) is 0 Å². The average molecular weight is 451 g/mol. The van der Waals surface area contributed by atoms with Crippen LogP contribution in [0.4, 0.5) is 14.9 Å². The van der Waals surface area contributed by atoms with E-state index in [-0.39, 0.29) is 17.1 Å². The van der Waals surface area contributed by atoms with Crippen molar-refractivity contribution in [2.24, 2.45) is 0 Å². The number of anilines is 1. The number of H-pyrrole nitrogens is 1. The highest BCUT2D eigenvalue weighted by Crippen LogP contribution is 2.28. The molecule has 1 unspecified atom stereocenters. The minimum absolute atomic E-state index is 0.0821. The second-order valence-corrected chi connectivity index (χ2v) is 7.75. The number of hydrogen-bond acceptors (Lipinski definition) is 3. The molecule has 0 aliphatic carbocycles. The number of pyridine rings is 2. The van der Waals surface area contributed by atoms with Gasteiger partial charge >= 0.3 is 6.03 Å². The van der Waals surface area contributed by atoms with Crippen molar-refractivity contribution in [3.63, 3.8) is 0 Å². The third-order valence-electron chi connectivity index (χ3n) is 5.27. The Morgan fingerprint density at radius 1 is 1.19 bits per heavy atom. The largest absolute Gasteiger partial charge is 0.328 e. The number of aromatic nitrogens is 2. The molecule has 0 fully saturated rings. The van der Waals surface area contributed by atoms with Crippen molar-refractivity contribution in [2.45, 2.75) is 19.5 Å². The van der Waals surface area contributed by atoms with Crippen LogP contribution in [-0.2, 0) is 6.54 Å². The fourth-order valence-corrected chi connectivity index (χ4v) is 3.77. The van der Waals surface area contributed by atoms with Crippen molar-refractivity contribution in [1.82, 2.24) is 14.9 Å². The molecule has 8 heteroatoms. The van der Waals surface area contributed by atoms with Crippen molar-refractivity contribution < 1.29 is 9.18 Å². The molecule has 0 radical (unpaired) electrons. The first kappa shape index (κ1) is 21.5. The first-order valence-electron chi connectivity index (χ1n) is 9.96. The third-order valence-corrected chi connectivity index (χ3v) is 5.56. The number of fused-ring (bicyclic) bond motifs is 1. The van der Waals surface area contributed by atoms with Crippen molar-refractivity contribution in [3.05, 3.63) is 106 Å². The zero-order valence-electron chi connectivity index (χ0n) is 17.2. The predicted molar refractivity (Wildman–Crippen MR) is 123 cm³/mol. The second kappa shape index (κ2) is 9.20. The Hall–Kier alpha value is -3.71. The smallest absolute Gasteiger partial charge is 0.322 e. The zero-order valence-corrected chi connectivity index (χ0v) is 17.9. The number of nitrogens with one attached hydrogen (secondary N) is 2. The van der Waals surface area contributed by atoms with Gasteiger partial charge in [-0.25, -0.2) is 9.18 Å². The SMILES string of the molecule is CC(c1c[nH]c(=O)c2ccccc12)N(Cc1cccnc1)C(=O)Nc1ccc(F)c(Cl)c1. The van der Waals surface area contributed by atoms with E-state index in [2.05, 4.69) is 15.3 Å². The lowest BCUT2D eigenvalue weighted by atomic mass is 10.0. The summed E-state index contributed by atoms with van der Waals surface area (Å²) in [5.74, 6) is -0.565. The van der Waals surface area contributed by atoms with Gasteiger partial charge in [0.15, 0.2) is 0 Å². The van der Waals surface area contributed by atoms with Gasteiger partial charge in [0.1, 0.15) is 5.82 Å². The van der Waals surface area contributed by atoms with Crippen LogP contribution in [0.15, 0.2) is 78.0 Å². The van der Waals surface area contributed by atoms with E-state index in [4.69, 9.17) is 11.6 Å². The molecule has 0 bridgehead atoms. The van der Waals surface area contributed by atoms with Crippen LogP contribution in [0.3, 0.4) is 0 Å². The second-order valence-electron chi connectivity index (χ2n) is 7.34. The van der Waals surface area contributed by atoms with E-state index >= 15 is 0 Å². The summed E-state index contributed by atoms with van der Waals surface area (Å²) >= 11 is 5.86. The Bertz CT molecular complexity index is 1330.